The van der Waals surface area contributed by atoms with Gasteiger partial charge in [0.2, 0.25) is 0 Å². The van der Waals surface area contributed by atoms with Crippen molar-refractivity contribution in [1.82, 2.24) is 9.55 Å². The molecular weight excluding hydrogens is 343 g/mol. The molecule has 0 saturated heterocycles. The third-order valence-corrected chi connectivity index (χ3v) is 3.86. The zero-order valence-corrected chi connectivity index (χ0v) is 13.0. The van der Waals surface area contributed by atoms with E-state index in [0.29, 0.717) is 10.2 Å². The van der Waals surface area contributed by atoms with Crippen LogP contribution >= 0.6 is 15.9 Å². The van der Waals surface area contributed by atoms with Crippen molar-refractivity contribution < 1.29 is 13.9 Å². The summed E-state index contributed by atoms with van der Waals surface area (Å²) in [4.78, 5) is 28.1. The van der Waals surface area contributed by atoms with Gasteiger partial charge < -0.3 is 4.74 Å². The maximum atomic E-state index is 13.6. The van der Waals surface area contributed by atoms with Crippen LogP contribution in [0.25, 0.3) is 0 Å². The third-order valence-electron chi connectivity index (χ3n) is 2.94. The van der Waals surface area contributed by atoms with Crippen molar-refractivity contribution in [2.75, 3.05) is 7.11 Å². The van der Waals surface area contributed by atoms with Gasteiger partial charge in [0.15, 0.2) is 17.3 Å². The van der Waals surface area contributed by atoms with E-state index in [1.807, 2.05) is 0 Å². The molecular formula is C14H12BrFN2O3. The van der Waals surface area contributed by atoms with Gasteiger partial charge in [-0.15, -0.1) is 0 Å². The van der Waals surface area contributed by atoms with Crippen LogP contribution in [0.3, 0.4) is 0 Å². The van der Waals surface area contributed by atoms with E-state index in [-0.39, 0.29) is 23.4 Å². The number of aromatic nitrogens is 2. The van der Waals surface area contributed by atoms with Crippen LogP contribution in [-0.4, -0.2) is 22.4 Å². The van der Waals surface area contributed by atoms with E-state index in [0.717, 1.165) is 6.07 Å². The largest absolute Gasteiger partial charge is 0.494 e. The lowest BCUT2D eigenvalue weighted by molar-refractivity contribution is 0.0969. The first kappa shape index (κ1) is 15.4. The Kier molecular flexibility index (Phi) is 4.52. The number of halogens is 2. The number of benzene rings is 1. The summed E-state index contributed by atoms with van der Waals surface area (Å²) in [5, 5.41) is 0. The van der Waals surface area contributed by atoms with Gasteiger partial charge in [0.25, 0.3) is 5.56 Å². The molecule has 0 amide bonds. The van der Waals surface area contributed by atoms with Gasteiger partial charge in [-0.25, -0.2) is 9.37 Å². The molecule has 1 heterocycles. The van der Waals surface area contributed by atoms with Gasteiger partial charge in [-0.2, -0.15) is 0 Å². The molecule has 0 aliphatic heterocycles. The molecule has 0 aliphatic carbocycles. The third kappa shape index (κ3) is 3.18. The Balaban J connectivity index is 2.28. The summed E-state index contributed by atoms with van der Waals surface area (Å²) in [6.45, 7) is 1.47. The lowest BCUT2D eigenvalue weighted by atomic mass is 10.1. The molecule has 1 aromatic carbocycles. The number of hydrogen-bond donors (Lipinski definition) is 0. The summed E-state index contributed by atoms with van der Waals surface area (Å²) < 4.78 is 19.8. The maximum absolute atomic E-state index is 13.6. The first-order chi connectivity index (χ1) is 9.93. The number of carbonyl (C=O) groups excluding carboxylic acids is 1. The summed E-state index contributed by atoms with van der Waals surface area (Å²) in [5.41, 5.74) is 0.348. The molecule has 0 aliphatic rings. The van der Waals surface area contributed by atoms with Crippen LogP contribution in [0.1, 0.15) is 16.1 Å². The number of hydrogen-bond acceptors (Lipinski definition) is 4. The van der Waals surface area contributed by atoms with Crippen molar-refractivity contribution in [3.05, 3.63) is 56.4 Å². The summed E-state index contributed by atoms with van der Waals surface area (Å²) in [5.74, 6) is -0.960. The van der Waals surface area contributed by atoms with Crippen molar-refractivity contribution >= 4 is 21.7 Å². The second-order valence-corrected chi connectivity index (χ2v) is 5.14. The molecule has 1 aromatic heterocycles. The number of aryl methyl sites for hydroxylation is 1. The van der Waals surface area contributed by atoms with Crippen LogP contribution in [-0.2, 0) is 6.54 Å². The molecule has 2 rings (SSSR count). The lowest BCUT2D eigenvalue weighted by Crippen LogP contribution is -2.26. The number of nitrogens with zero attached hydrogens (tertiary/aromatic N) is 2. The zero-order chi connectivity index (χ0) is 15.6. The monoisotopic (exact) mass is 354 g/mol. The van der Waals surface area contributed by atoms with Crippen molar-refractivity contribution in [3.8, 4) is 5.75 Å². The molecule has 7 heteroatoms. The minimum Gasteiger partial charge on any atom is -0.494 e. The predicted molar refractivity (Wildman–Crippen MR) is 78.2 cm³/mol. The first-order valence-electron chi connectivity index (χ1n) is 6.02. The Hall–Kier alpha value is -2.02. The quantitative estimate of drug-likeness (QED) is 0.790. The van der Waals surface area contributed by atoms with E-state index in [9.17, 15) is 14.0 Å². The normalized spacial score (nSPS) is 10.5. The molecule has 0 radical (unpaired) electrons. The van der Waals surface area contributed by atoms with Crippen LogP contribution in [0.5, 0.6) is 5.75 Å². The Morgan fingerprint density at radius 3 is 2.81 bits per heavy atom. The standard InChI is InChI=1S/C14H12BrFN2O3/c1-8-13(15)14(20)18(7-17-8)6-11(19)9-3-4-12(21-2)10(16)5-9/h3-5,7H,6H2,1-2H3. The maximum Gasteiger partial charge on any atom is 0.268 e. The van der Waals surface area contributed by atoms with E-state index in [1.165, 1.54) is 30.1 Å². The molecule has 0 atom stereocenters. The number of ether oxygens (including phenoxy) is 1. The Morgan fingerprint density at radius 2 is 2.19 bits per heavy atom. The first-order valence-corrected chi connectivity index (χ1v) is 6.81. The van der Waals surface area contributed by atoms with Gasteiger partial charge in [0.05, 0.1) is 25.7 Å². The number of methoxy groups -OCH3 is 1. The smallest absolute Gasteiger partial charge is 0.268 e. The van der Waals surface area contributed by atoms with Crippen molar-refractivity contribution in [1.29, 1.82) is 0 Å². The number of carbonyl (C=O) groups is 1. The van der Waals surface area contributed by atoms with Crippen LogP contribution in [0, 0.1) is 12.7 Å². The van der Waals surface area contributed by atoms with E-state index in [2.05, 4.69) is 20.9 Å². The van der Waals surface area contributed by atoms with Crippen LogP contribution in [0.15, 0.2) is 33.8 Å². The minimum absolute atomic E-state index is 0.0588. The van der Waals surface area contributed by atoms with Gasteiger partial charge in [-0.3, -0.25) is 14.2 Å². The molecule has 0 saturated carbocycles. The van der Waals surface area contributed by atoms with E-state index < -0.39 is 11.6 Å². The number of rotatable bonds is 4. The summed E-state index contributed by atoms with van der Waals surface area (Å²) in [6.07, 6.45) is 1.29. The van der Waals surface area contributed by atoms with Crippen molar-refractivity contribution in [3.63, 3.8) is 0 Å². The highest BCUT2D eigenvalue weighted by atomic mass is 79.9. The van der Waals surface area contributed by atoms with Gasteiger partial charge in [0, 0.05) is 5.56 Å². The van der Waals surface area contributed by atoms with Gasteiger partial charge in [-0.1, -0.05) is 0 Å². The molecule has 0 unspecified atom stereocenters. The fourth-order valence-electron chi connectivity index (χ4n) is 1.74. The fraction of sp³-hybridized carbons (Fsp3) is 0.214. The summed E-state index contributed by atoms with van der Waals surface area (Å²) in [6, 6.07) is 3.91. The molecule has 0 bridgehead atoms. The predicted octanol–water partition coefficient (Wildman–Crippen LogP) is 2.34. The summed E-state index contributed by atoms with van der Waals surface area (Å²) >= 11 is 3.12. The van der Waals surface area contributed by atoms with Gasteiger partial charge in [-0.05, 0) is 41.1 Å². The average Bonchev–Trinajstić information content (AvgIpc) is 2.47. The highest BCUT2D eigenvalue weighted by molar-refractivity contribution is 9.10. The Labute approximate surface area is 128 Å². The van der Waals surface area contributed by atoms with Crippen LogP contribution < -0.4 is 10.3 Å². The molecule has 0 fully saturated rings. The SMILES string of the molecule is COc1ccc(C(=O)Cn2cnc(C)c(Br)c2=O)cc1F. The molecule has 0 spiro atoms. The second-order valence-electron chi connectivity index (χ2n) is 4.35. The molecule has 110 valence electrons. The van der Waals surface area contributed by atoms with Crippen LogP contribution in [0.2, 0.25) is 0 Å². The molecule has 5 nitrogen and oxygen atoms in total. The Bertz CT molecular complexity index is 758. The topological polar surface area (TPSA) is 61.2 Å². The minimum atomic E-state index is -0.626. The van der Waals surface area contributed by atoms with E-state index >= 15 is 0 Å². The Morgan fingerprint density at radius 1 is 1.48 bits per heavy atom. The second kappa shape index (κ2) is 6.17. The fourth-order valence-corrected chi connectivity index (χ4v) is 2.07. The molecule has 0 N–H and O–H groups in total. The lowest BCUT2D eigenvalue weighted by Gasteiger charge is -2.07. The van der Waals surface area contributed by atoms with E-state index in [4.69, 9.17) is 4.74 Å². The van der Waals surface area contributed by atoms with E-state index in [1.54, 1.807) is 6.92 Å². The van der Waals surface area contributed by atoms with Crippen molar-refractivity contribution in [2.24, 2.45) is 0 Å². The average molecular weight is 355 g/mol. The number of ketones is 1. The van der Waals surface area contributed by atoms with Crippen molar-refractivity contribution in [2.45, 2.75) is 13.5 Å². The van der Waals surface area contributed by atoms with Gasteiger partial charge in [0.1, 0.15) is 4.47 Å². The molecule has 2 aromatic rings. The van der Waals surface area contributed by atoms with Gasteiger partial charge >= 0.3 is 0 Å². The highest BCUT2D eigenvalue weighted by Crippen LogP contribution is 2.18. The van der Waals surface area contributed by atoms with Crippen LogP contribution in [0.4, 0.5) is 4.39 Å². The summed E-state index contributed by atoms with van der Waals surface area (Å²) in [7, 11) is 1.34. The zero-order valence-electron chi connectivity index (χ0n) is 11.4. The molecule has 21 heavy (non-hydrogen) atoms. The highest BCUT2D eigenvalue weighted by Gasteiger charge is 2.13. The number of Topliss-reactive ketones (excluding diaryl/α,β-unsaturated/α-hetero) is 1.